The molecule has 8 heteroatoms. The highest BCUT2D eigenvalue weighted by atomic mass is 32.2. The number of rotatable bonds is 5. The minimum absolute atomic E-state index is 0.105. The molecule has 2 heterocycles. The number of sulfone groups is 1. The van der Waals surface area contributed by atoms with Crippen molar-refractivity contribution in [1.82, 2.24) is 9.78 Å². The van der Waals surface area contributed by atoms with Crippen molar-refractivity contribution in [2.45, 2.75) is 37.6 Å². The number of anilines is 1. The van der Waals surface area contributed by atoms with Crippen LogP contribution in [0.25, 0.3) is 0 Å². The van der Waals surface area contributed by atoms with E-state index in [0.717, 1.165) is 27.5 Å². The monoisotopic (exact) mass is 393 g/mol. The Morgan fingerprint density at radius 2 is 2.00 bits per heavy atom. The molecule has 1 fully saturated rings. The molecule has 1 amide bonds. The number of nitrogens with one attached hydrogen (secondary N) is 1. The molecular formula is C18H23N3O3S2. The van der Waals surface area contributed by atoms with Gasteiger partial charge in [0.25, 0.3) is 0 Å². The van der Waals surface area contributed by atoms with E-state index in [1.165, 1.54) is 0 Å². The summed E-state index contributed by atoms with van der Waals surface area (Å²) in [6.07, 6.45) is 2.81. The van der Waals surface area contributed by atoms with Crippen molar-refractivity contribution in [3.8, 4) is 0 Å². The van der Waals surface area contributed by atoms with E-state index < -0.39 is 9.84 Å². The lowest BCUT2D eigenvalue weighted by Gasteiger charge is -2.11. The molecule has 1 unspecified atom stereocenters. The van der Waals surface area contributed by atoms with Crippen LogP contribution in [-0.2, 0) is 21.1 Å². The summed E-state index contributed by atoms with van der Waals surface area (Å²) >= 11 is 1.65. The lowest BCUT2D eigenvalue weighted by molar-refractivity contribution is -0.115. The second kappa shape index (κ2) is 7.44. The number of nitrogens with zero attached hydrogens (tertiary/aromatic N) is 2. The van der Waals surface area contributed by atoms with Crippen LogP contribution in [0.4, 0.5) is 5.69 Å². The topological polar surface area (TPSA) is 81.1 Å². The maximum Gasteiger partial charge on any atom is 0.228 e. The molecule has 1 N–H and O–H groups in total. The predicted octanol–water partition coefficient (Wildman–Crippen LogP) is 2.76. The van der Waals surface area contributed by atoms with E-state index in [2.05, 4.69) is 10.4 Å². The van der Waals surface area contributed by atoms with Gasteiger partial charge in [0.05, 0.1) is 29.7 Å². The predicted molar refractivity (Wildman–Crippen MR) is 105 cm³/mol. The van der Waals surface area contributed by atoms with Gasteiger partial charge in [-0.15, -0.1) is 11.8 Å². The van der Waals surface area contributed by atoms with Crippen LogP contribution in [0.15, 0.2) is 29.2 Å². The molecule has 1 aromatic carbocycles. The summed E-state index contributed by atoms with van der Waals surface area (Å²) in [4.78, 5) is 13.6. The number of benzene rings is 1. The summed E-state index contributed by atoms with van der Waals surface area (Å²) in [6.45, 7) is 3.77. The number of amides is 1. The summed E-state index contributed by atoms with van der Waals surface area (Å²) in [5.74, 6) is 0.229. The average molecular weight is 394 g/mol. The van der Waals surface area contributed by atoms with Crippen LogP contribution in [0.1, 0.15) is 29.4 Å². The minimum Gasteiger partial charge on any atom is -0.326 e. The fourth-order valence-corrected chi connectivity index (χ4v) is 5.42. The molecule has 0 radical (unpaired) electrons. The zero-order valence-corrected chi connectivity index (χ0v) is 16.8. The second-order valence-corrected chi connectivity index (χ2v) is 9.71. The highest BCUT2D eigenvalue weighted by Crippen LogP contribution is 2.27. The maximum atomic E-state index is 12.4. The van der Waals surface area contributed by atoms with Crippen LogP contribution in [0, 0.1) is 13.8 Å². The van der Waals surface area contributed by atoms with Crippen LogP contribution in [0.2, 0.25) is 0 Å². The number of hydrogen-bond donors (Lipinski definition) is 1. The third-order valence-corrected chi connectivity index (χ3v) is 7.23. The molecule has 0 saturated carbocycles. The number of thioether (sulfide) groups is 1. The molecule has 0 aliphatic carbocycles. The number of carbonyl (C=O) groups excluding carboxylic acids is 1. The third-order valence-electron chi connectivity index (χ3n) is 4.74. The van der Waals surface area contributed by atoms with E-state index >= 15 is 0 Å². The van der Waals surface area contributed by atoms with E-state index in [1.54, 1.807) is 16.4 Å². The Kier molecular flexibility index (Phi) is 5.43. The Labute approximate surface area is 158 Å². The van der Waals surface area contributed by atoms with Crippen LogP contribution >= 0.6 is 11.8 Å². The van der Waals surface area contributed by atoms with Gasteiger partial charge in [-0.1, -0.05) is 0 Å². The van der Waals surface area contributed by atoms with Gasteiger partial charge >= 0.3 is 0 Å². The highest BCUT2D eigenvalue weighted by Gasteiger charge is 2.31. The average Bonchev–Trinajstić information content (AvgIpc) is 3.09. The largest absolute Gasteiger partial charge is 0.326 e. The maximum absolute atomic E-state index is 12.4. The Balaban J connectivity index is 1.72. The van der Waals surface area contributed by atoms with E-state index in [0.29, 0.717) is 6.42 Å². The van der Waals surface area contributed by atoms with Gasteiger partial charge < -0.3 is 5.32 Å². The van der Waals surface area contributed by atoms with Crippen LogP contribution in [0.5, 0.6) is 0 Å². The summed E-state index contributed by atoms with van der Waals surface area (Å²) in [5.41, 5.74) is 3.28. The van der Waals surface area contributed by atoms with Crippen molar-refractivity contribution in [2.75, 3.05) is 23.1 Å². The van der Waals surface area contributed by atoms with E-state index in [1.807, 2.05) is 44.4 Å². The van der Waals surface area contributed by atoms with Gasteiger partial charge in [0.2, 0.25) is 5.91 Å². The van der Waals surface area contributed by atoms with Crippen LogP contribution in [-0.4, -0.2) is 41.9 Å². The smallest absolute Gasteiger partial charge is 0.228 e. The number of aromatic nitrogens is 2. The molecule has 3 rings (SSSR count). The standard InChI is InChI=1S/C18H23N3O3S2/c1-12-17(10-18(22)19-14-4-6-16(25-3)7-5-14)13(2)21(20-12)15-8-9-26(23,24)11-15/h4-7,15H,8-11H2,1-3H3,(H,19,22). The van der Waals surface area contributed by atoms with Crippen molar-refractivity contribution in [1.29, 1.82) is 0 Å². The minimum atomic E-state index is -2.98. The zero-order chi connectivity index (χ0) is 18.9. The van der Waals surface area contributed by atoms with E-state index in [9.17, 15) is 13.2 Å². The summed E-state index contributed by atoms with van der Waals surface area (Å²) in [5, 5.41) is 7.42. The van der Waals surface area contributed by atoms with E-state index in [-0.39, 0.29) is 29.9 Å². The number of hydrogen-bond acceptors (Lipinski definition) is 5. The normalized spacial score (nSPS) is 18.8. The molecule has 1 aliphatic heterocycles. The van der Waals surface area contributed by atoms with Gasteiger partial charge in [-0.25, -0.2) is 8.42 Å². The van der Waals surface area contributed by atoms with Crippen molar-refractivity contribution >= 4 is 33.2 Å². The first-order valence-electron chi connectivity index (χ1n) is 8.48. The first-order valence-corrected chi connectivity index (χ1v) is 11.5. The second-order valence-electron chi connectivity index (χ2n) is 6.60. The van der Waals surface area contributed by atoms with Gasteiger partial charge in [0, 0.05) is 21.8 Å². The molecule has 0 bridgehead atoms. The van der Waals surface area contributed by atoms with Gasteiger partial charge in [-0.2, -0.15) is 5.10 Å². The van der Waals surface area contributed by atoms with Crippen LogP contribution in [0.3, 0.4) is 0 Å². The molecule has 6 nitrogen and oxygen atoms in total. The number of carbonyl (C=O) groups is 1. The molecule has 26 heavy (non-hydrogen) atoms. The van der Waals surface area contributed by atoms with Crippen LogP contribution < -0.4 is 5.32 Å². The molecule has 140 valence electrons. The van der Waals surface area contributed by atoms with Gasteiger partial charge in [-0.05, 0) is 50.8 Å². The summed E-state index contributed by atoms with van der Waals surface area (Å²) < 4.78 is 25.3. The highest BCUT2D eigenvalue weighted by molar-refractivity contribution is 7.98. The fourth-order valence-electron chi connectivity index (χ4n) is 3.32. The first kappa shape index (κ1) is 19.0. The zero-order valence-electron chi connectivity index (χ0n) is 15.2. The molecule has 1 atom stereocenters. The van der Waals surface area contributed by atoms with Gasteiger partial charge in [-0.3, -0.25) is 9.48 Å². The molecule has 1 aliphatic rings. The summed E-state index contributed by atoms with van der Waals surface area (Å²) in [7, 11) is -2.98. The lowest BCUT2D eigenvalue weighted by Crippen LogP contribution is -2.16. The van der Waals surface area contributed by atoms with Crippen molar-refractivity contribution in [3.63, 3.8) is 0 Å². The first-order chi connectivity index (χ1) is 12.3. The Hall–Kier alpha value is -1.80. The SMILES string of the molecule is CSc1ccc(NC(=O)Cc2c(C)nn(C3CCS(=O)(=O)C3)c2C)cc1. The van der Waals surface area contributed by atoms with Crippen molar-refractivity contribution < 1.29 is 13.2 Å². The van der Waals surface area contributed by atoms with Gasteiger partial charge in [0.1, 0.15) is 0 Å². The van der Waals surface area contributed by atoms with Crippen molar-refractivity contribution in [3.05, 3.63) is 41.2 Å². The molecule has 1 aromatic heterocycles. The molecular weight excluding hydrogens is 370 g/mol. The van der Waals surface area contributed by atoms with E-state index in [4.69, 9.17) is 0 Å². The fraction of sp³-hybridized carbons (Fsp3) is 0.444. The Bertz CT molecular complexity index is 918. The Morgan fingerprint density at radius 3 is 2.58 bits per heavy atom. The molecule has 2 aromatic rings. The lowest BCUT2D eigenvalue weighted by atomic mass is 10.1. The molecule has 1 saturated heterocycles. The number of aryl methyl sites for hydroxylation is 1. The third kappa shape index (κ3) is 4.12. The van der Waals surface area contributed by atoms with Crippen molar-refractivity contribution in [2.24, 2.45) is 0 Å². The summed E-state index contributed by atoms with van der Waals surface area (Å²) in [6, 6.07) is 7.58. The molecule has 0 spiro atoms. The quantitative estimate of drug-likeness (QED) is 0.790. The van der Waals surface area contributed by atoms with Gasteiger partial charge in [0.15, 0.2) is 9.84 Å². The Morgan fingerprint density at radius 1 is 1.31 bits per heavy atom.